The molecular weight excluding hydrogens is 452 g/mol. The van der Waals surface area contributed by atoms with E-state index in [4.69, 9.17) is 21.4 Å². The maximum Gasteiger partial charge on any atom is 0.344 e. The summed E-state index contributed by atoms with van der Waals surface area (Å²) in [6, 6.07) is 11.6. The molecule has 28 heavy (non-hydrogen) atoms. The number of carbonyl (C=O) groups is 3. The van der Waals surface area contributed by atoms with Crippen molar-refractivity contribution >= 4 is 57.1 Å². The number of nitrogens with zero attached hydrogens (tertiary/aromatic N) is 1. The van der Waals surface area contributed by atoms with E-state index in [0.717, 1.165) is 5.01 Å². The number of hydrogen-bond acceptors (Lipinski definition) is 4. The molecule has 0 radical (unpaired) electrons. The minimum Gasteiger partial charge on any atom is -0.479 e. The van der Waals surface area contributed by atoms with Crippen molar-refractivity contribution in [2.24, 2.45) is 0 Å². The van der Waals surface area contributed by atoms with Gasteiger partial charge in [-0.25, -0.2) is 9.80 Å². The van der Waals surface area contributed by atoms with Crippen molar-refractivity contribution in [1.82, 2.24) is 5.43 Å². The van der Waals surface area contributed by atoms with E-state index in [0.29, 0.717) is 20.7 Å². The Hall–Kier alpha value is -2.84. The van der Waals surface area contributed by atoms with E-state index in [1.54, 1.807) is 30.3 Å². The van der Waals surface area contributed by atoms with Crippen molar-refractivity contribution in [3.8, 4) is 5.75 Å². The number of hydrazine groups is 1. The maximum atomic E-state index is 12.7. The first-order chi connectivity index (χ1) is 13.3. The highest BCUT2D eigenvalue weighted by molar-refractivity contribution is 9.10. The summed E-state index contributed by atoms with van der Waals surface area (Å²) in [5.74, 6) is -2.15. The number of carboxylic acids is 1. The number of halogens is 2. The third-order valence-corrected chi connectivity index (χ3v) is 4.69. The van der Waals surface area contributed by atoms with E-state index in [1.165, 1.54) is 25.1 Å². The molecule has 0 spiro atoms. The molecular formula is C19H14BrClN2O5. The van der Waals surface area contributed by atoms with Gasteiger partial charge in [-0.2, -0.15) is 0 Å². The number of benzene rings is 2. The zero-order valence-corrected chi connectivity index (χ0v) is 16.8. The van der Waals surface area contributed by atoms with Crippen LogP contribution in [0.1, 0.15) is 12.5 Å². The van der Waals surface area contributed by atoms with Crippen LogP contribution in [-0.2, 0) is 14.4 Å². The average Bonchev–Trinajstić information content (AvgIpc) is 2.93. The van der Waals surface area contributed by atoms with Crippen LogP contribution in [0.3, 0.4) is 0 Å². The number of nitrogens with one attached hydrogen (secondary N) is 1. The molecule has 1 aliphatic heterocycles. The van der Waals surface area contributed by atoms with Gasteiger partial charge in [0.25, 0.3) is 11.8 Å². The second-order valence-corrected chi connectivity index (χ2v) is 7.17. The number of rotatable bonds is 5. The predicted molar refractivity (Wildman–Crippen MR) is 107 cm³/mol. The largest absolute Gasteiger partial charge is 0.479 e. The zero-order chi connectivity index (χ0) is 20.4. The number of carbonyl (C=O) groups excluding carboxylic acids is 2. The van der Waals surface area contributed by atoms with Gasteiger partial charge >= 0.3 is 5.97 Å². The summed E-state index contributed by atoms with van der Waals surface area (Å²) < 4.78 is 5.87. The molecule has 7 nitrogen and oxygen atoms in total. The van der Waals surface area contributed by atoms with Crippen LogP contribution in [-0.4, -0.2) is 29.0 Å². The molecule has 9 heteroatoms. The lowest BCUT2D eigenvalue weighted by molar-refractivity contribution is -0.144. The number of ether oxygens (including phenoxy) is 1. The molecule has 0 aliphatic carbocycles. The number of anilines is 1. The minimum atomic E-state index is -1.16. The SMILES string of the molecule is CC(Oc1c(Br)cc(Cl)cc1C=C1C(=O)NN(c2ccccc2)C1=O)C(=O)O. The molecule has 1 heterocycles. The first-order valence-corrected chi connectivity index (χ1v) is 9.25. The molecule has 2 aromatic rings. The van der Waals surface area contributed by atoms with Crippen molar-refractivity contribution in [2.75, 3.05) is 5.01 Å². The molecule has 2 N–H and O–H groups in total. The van der Waals surface area contributed by atoms with Gasteiger partial charge in [-0.05, 0) is 53.2 Å². The van der Waals surface area contributed by atoms with Gasteiger partial charge < -0.3 is 9.84 Å². The van der Waals surface area contributed by atoms with Crippen LogP contribution in [0.5, 0.6) is 5.75 Å². The summed E-state index contributed by atoms with van der Waals surface area (Å²) in [6.45, 7) is 1.37. The molecule has 3 rings (SSSR count). The van der Waals surface area contributed by atoms with Crippen LogP contribution in [0.4, 0.5) is 5.69 Å². The highest BCUT2D eigenvalue weighted by Gasteiger charge is 2.34. The summed E-state index contributed by atoms with van der Waals surface area (Å²) in [5, 5.41) is 10.6. The third kappa shape index (κ3) is 4.02. The molecule has 1 unspecified atom stereocenters. The Labute approximate surface area is 173 Å². The summed E-state index contributed by atoms with van der Waals surface area (Å²) >= 11 is 9.35. The van der Waals surface area contributed by atoms with Crippen molar-refractivity contribution < 1.29 is 24.2 Å². The lowest BCUT2D eigenvalue weighted by Gasteiger charge is -2.15. The first kappa shape index (κ1) is 19.9. The average molecular weight is 466 g/mol. The highest BCUT2D eigenvalue weighted by atomic mass is 79.9. The van der Waals surface area contributed by atoms with E-state index in [2.05, 4.69) is 21.4 Å². The number of aliphatic carboxylic acids is 1. The Bertz CT molecular complexity index is 993. The Kier molecular flexibility index (Phi) is 5.71. The molecule has 1 fully saturated rings. The van der Waals surface area contributed by atoms with E-state index in [-0.39, 0.29) is 11.3 Å². The molecule has 144 valence electrons. The van der Waals surface area contributed by atoms with E-state index >= 15 is 0 Å². The Morgan fingerprint density at radius 3 is 2.61 bits per heavy atom. The topological polar surface area (TPSA) is 95.9 Å². The molecule has 1 atom stereocenters. The third-order valence-electron chi connectivity index (χ3n) is 3.89. The first-order valence-electron chi connectivity index (χ1n) is 8.08. The number of para-hydroxylation sites is 1. The van der Waals surface area contributed by atoms with Crippen LogP contribution < -0.4 is 15.2 Å². The highest BCUT2D eigenvalue weighted by Crippen LogP contribution is 2.35. The molecule has 0 saturated carbocycles. The second-order valence-electron chi connectivity index (χ2n) is 5.88. The van der Waals surface area contributed by atoms with Gasteiger partial charge in [0.1, 0.15) is 11.3 Å². The Balaban J connectivity index is 2.02. The van der Waals surface area contributed by atoms with E-state index in [1.807, 2.05) is 0 Å². The van der Waals surface area contributed by atoms with Gasteiger partial charge in [-0.15, -0.1) is 0 Å². The van der Waals surface area contributed by atoms with Crippen molar-refractivity contribution in [2.45, 2.75) is 13.0 Å². The van der Waals surface area contributed by atoms with E-state index < -0.39 is 23.9 Å². The van der Waals surface area contributed by atoms with Gasteiger partial charge in [0.05, 0.1) is 10.2 Å². The summed E-state index contributed by atoms with van der Waals surface area (Å²) in [7, 11) is 0. The summed E-state index contributed by atoms with van der Waals surface area (Å²) in [6.07, 6.45) is 0.171. The summed E-state index contributed by atoms with van der Waals surface area (Å²) in [4.78, 5) is 36.2. The van der Waals surface area contributed by atoms with Gasteiger partial charge in [-0.1, -0.05) is 29.8 Å². The van der Waals surface area contributed by atoms with Crippen LogP contribution in [0, 0.1) is 0 Å². The summed E-state index contributed by atoms with van der Waals surface area (Å²) in [5.41, 5.74) is 3.16. The quantitative estimate of drug-likeness (QED) is 0.521. The minimum absolute atomic E-state index is 0.133. The van der Waals surface area contributed by atoms with Crippen LogP contribution in [0.15, 0.2) is 52.5 Å². The molecule has 0 aromatic heterocycles. The molecule has 1 aliphatic rings. The predicted octanol–water partition coefficient (Wildman–Crippen LogP) is 3.42. The number of amides is 2. The maximum absolute atomic E-state index is 12.7. The fraction of sp³-hybridized carbons (Fsp3) is 0.105. The van der Waals surface area contributed by atoms with E-state index in [9.17, 15) is 14.4 Å². The van der Waals surface area contributed by atoms with Crippen molar-refractivity contribution in [1.29, 1.82) is 0 Å². The van der Waals surface area contributed by atoms with Gasteiger partial charge in [0.2, 0.25) is 0 Å². The monoisotopic (exact) mass is 464 g/mol. The van der Waals surface area contributed by atoms with Gasteiger partial charge in [0, 0.05) is 10.6 Å². The zero-order valence-electron chi connectivity index (χ0n) is 14.5. The fourth-order valence-electron chi connectivity index (χ4n) is 2.51. The normalized spacial score (nSPS) is 16.2. The standard InChI is InChI=1S/C19H14BrClN2O5/c1-10(19(26)27)28-16-11(7-12(21)9-15(16)20)8-14-17(24)22-23(18(14)25)13-5-3-2-4-6-13/h2-10H,1H3,(H,22,24)(H,26,27). The van der Waals surface area contributed by atoms with Gasteiger partial charge in [-0.3, -0.25) is 15.0 Å². The number of carboxylic acid groups (broad SMARTS) is 1. The molecule has 1 saturated heterocycles. The number of hydrogen-bond donors (Lipinski definition) is 2. The van der Waals surface area contributed by atoms with Crippen LogP contribution in [0.25, 0.3) is 6.08 Å². The Morgan fingerprint density at radius 2 is 1.96 bits per heavy atom. The van der Waals surface area contributed by atoms with Gasteiger partial charge in [0.15, 0.2) is 6.10 Å². The molecule has 2 amide bonds. The fourth-order valence-corrected chi connectivity index (χ4v) is 3.44. The van der Waals surface area contributed by atoms with Crippen molar-refractivity contribution in [3.05, 3.63) is 63.1 Å². The van der Waals surface area contributed by atoms with Crippen LogP contribution >= 0.6 is 27.5 Å². The second kappa shape index (κ2) is 8.04. The lowest BCUT2D eigenvalue weighted by atomic mass is 10.1. The van der Waals surface area contributed by atoms with Crippen molar-refractivity contribution in [3.63, 3.8) is 0 Å². The van der Waals surface area contributed by atoms with Crippen LogP contribution in [0.2, 0.25) is 5.02 Å². The molecule has 2 aromatic carbocycles. The lowest BCUT2D eigenvalue weighted by Crippen LogP contribution is -2.35. The smallest absolute Gasteiger partial charge is 0.344 e. The molecule has 0 bridgehead atoms. The Morgan fingerprint density at radius 1 is 1.29 bits per heavy atom.